The maximum Gasteiger partial charge on any atom is 0.254 e. The van der Waals surface area contributed by atoms with Gasteiger partial charge in [0.2, 0.25) is 5.78 Å². The zero-order valence-electron chi connectivity index (χ0n) is 13.6. The number of amides is 1. The monoisotopic (exact) mass is 362 g/mol. The Hall–Kier alpha value is -2.11. The number of carbonyl (C=O) groups is 2. The maximum absolute atomic E-state index is 12.5. The summed E-state index contributed by atoms with van der Waals surface area (Å²) < 4.78 is 0. The summed E-state index contributed by atoms with van der Waals surface area (Å²) in [6.45, 7) is 5.87. The summed E-state index contributed by atoms with van der Waals surface area (Å²) in [6.07, 6.45) is 9.23. The molecule has 0 saturated carbocycles. The fraction of sp³-hybridized carbons (Fsp3) is 0.222. The molecule has 1 heterocycles. The molecule has 0 radical (unpaired) electrons. The minimum atomic E-state index is -0.474. The van der Waals surface area contributed by atoms with Gasteiger partial charge in [-0.3, -0.25) is 9.59 Å². The third-order valence-corrected chi connectivity index (χ3v) is 4.77. The van der Waals surface area contributed by atoms with Gasteiger partial charge in [0, 0.05) is 18.5 Å². The number of ketones is 1. The van der Waals surface area contributed by atoms with Crippen molar-refractivity contribution in [2.24, 2.45) is 0 Å². The van der Waals surface area contributed by atoms with Crippen LogP contribution in [0.3, 0.4) is 0 Å². The molecule has 126 valence electrons. The summed E-state index contributed by atoms with van der Waals surface area (Å²) >= 11 is 7.32. The summed E-state index contributed by atoms with van der Waals surface area (Å²) in [5.41, 5.74) is 1.53. The van der Waals surface area contributed by atoms with Crippen molar-refractivity contribution >= 4 is 40.3 Å². The van der Waals surface area contributed by atoms with Crippen LogP contribution in [0.25, 0.3) is 0 Å². The average molecular weight is 363 g/mol. The zero-order chi connectivity index (χ0) is 17.7. The van der Waals surface area contributed by atoms with E-state index in [1.54, 1.807) is 7.05 Å². The Morgan fingerprint density at radius 2 is 2.12 bits per heavy atom. The van der Waals surface area contributed by atoms with E-state index in [4.69, 9.17) is 11.6 Å². The van der Waals surface area contributed by atoms with Crippen molar-refractivity contribution in [3.63, 3.8) is 0 Å². The molecule has 1 aliphatic rings. The SMILES string of the molecule is C=C(C(=O)NCC1=CC=CC(Cl)C=C1)C(=O)c1sc(C)cc1NC. The maximum atomic E-state index is 12.5. The molecule has 2 rings (SSSR count). The molecular formula is C18H19ClN2O2S. The van der Waals surface area contributed by atoms with Crippen molar-refractivity contribution in [3.05, 3.63) is 63.9 Å². The highest BCUT2D eigenvalue weighted by Crippen LogP contribution is 2.28. The van der Waals surface area contributed by atoms with Gasteiger partial charge in [0.25, 0.3) is 5.91 Å². The zero-order valence-corrected chi connectivity index (χ0v) is 15.1. The molecule has 1 amide bonds. The quantitative estimate of drug-likeness (QED) is 0.267. The molecule has 1 unspecified atom stereocenters. The molecule has 0 spiro atoms. The van der Waals surface area contributed by atoms with E-state index in [2.05, 4.69) is 17.2 Å². The highest BCUT2D eigenvalue weighted by molar-refractivity contribution is 7.14. The van der Waals surface area contributed by atoms with Gasteiger partial charge in [-0.15, -0.1) is 22.9 Å². The molecule has 6 heteroatoms. The summed E-state index contributed by atoms with van der Waals surface area (Å²) in [6, 6.07) is 1.87. The highest BCUT2D eigenvalue weighted by Gasteiger charge is 2.22. The van der Waals surface area contributed by atoms with Gasteiger partial charge in [-0.2, -0.15) is 0 Å². The van der Waals surface area contributed by atoms with Crippen LogP contribution in [0.1, 0.15) is 14.5 Å². The number of nitrogens with one attached hydrogen (secondary N) is 2. The number of alkyl halides is 1. The molecule has 2 N–H and O–H groups in total. The third kappa shape index (κ3) is 4.46. The van der Waals surface area contributed by atoms with Gasteiger partial charge in [-0.25, -0.2) is 0 Å². The Balaban J connectivity index is 2.00. The molecule has 1 atom stereocenters. The van der Waals surface area contributed by atoms with E-state index in [1.807, 2.05) is 43.4 Å². The predicted molar refractivity (Wildman–Crippen MR) is 101 cm³/mol. The van der Waals surface area contributed by atoms with Crippen LogP contribution in [0.4, 0.5) is 5.69 Å². The van der Waals surface area contributed by atoms with Gasteiger partial charge >= 0.3 is 0 Å². The van der Waals surface area contributed by atoms with Crippen LogP contribution in [-0.2, 0) is 4.79 Å². The lowest BCUT2D eigenvalue weighted by Gasteiger charge is -2.08. The number of rotatable bonds is 6. The molecule has 4 nitrogen and oxygen atoms in total. The minimum Gasteiger partial charge on any atom is -0.387 e. The number of halogens is 1. The lowest BCUT2D eigenvalue weighted by molar-refractivity contribution is -0.116. The van der Waals surface area contributed by atoms with Crippen molar-refractivity contribution in [1.29, 1.82) is 0 Å². The van der Waals surface area contributed by atoms with Crippen LogP contribution in [-0.4, -0.2) is 30.7 Å². The standard InChI is InChI=1S/C18H19ClN2O2S/c1-11-9-15(20-3)17(24-11)16(22)12(2)18(23)21-10-13-5-4-6-14(19)8-7-13/h4-9,14,20H,2,10H2,1,3H3,(H,21,23). The van der Waals surface area contributed by atoms with E-state index in [0.717, 1.165) is 10.5 Å². The second kappa shape index (κ2) is 8.13. The molecule has 1 aromatic rings. The first-order valence-corrected chi connectivity index (χ1v) is 8.67. The number of carbonyl (C=O) groups excluding carboxylic acids is 2. The second-order valence-corrected chi connectivity index (χ2v) is 7.03. The van der Waals surface area contributed by atoms with Gasteiger partial charge in [0.1, 0.15) is 0 Å². The number of Topliss-reactive ketones (excluding diaryl/α,β-unsaturated/α-hetero) is 1. The fourth-order valence-electron chi connectivity index (χ4n) is 2.14. The first-order chi connectivity index (χ1) is 11.4. The summed E-state index contributed by atoms with van der Waals surface area (Å²) in [7, 11) is 1.74. The van der Waals surface area contributed by atoms with Crippen LogP contribution in [0, 0.1) is 6.92 Å². The van der Waals surface area contributed by atoms with E-state index in [0.29, 0.717) is 17.1 Å². The Kier molecular flexibility index (Phi) is 6.17. The van der Waals surface area contributed by atoms with Gasteiger partial charge < -0.3 is 10.6 Å². The topological polar surface area (TPSA) is 58.2 Å². The van der Waals surface area contributed by atoms with Gasteiger partial charge in [0.05, 0.1) is 21.5 Å². The van der Waals surface area contributed by atoms with E-state index in [9.17, 15) is 9.59 Å². The summed E-state index contributed by atoms with van der Waals surface area (Å²) in [4.78, 5) is 26.2. The molecule has 0 saturated heterocycles. The third-order valence-electron chi connectivity index (χ3n) is 3.43. The molecule has 24 heavy (non-hydrogen) atoms. The largest absolute Gasteiger partial charge is 0.387 e. The molecule has 1 aromatic heterocycles. The van der Waals surface area contributed by atoms with E-state index >= 15 is 0 Å². The molecule has 1 aliphatic carbocycles. The normalized spacial score (nSPS) is 16.3. The van der Waals surface area contributed by atoms with Crippen LogP contribution in [0.2, 0.25) is 0 Å². The van der Waals surface area contributed by atoms with E-state index in [-0.39, 0.29) is 16.7 Å². The Morgan fingerprint density at radius 3 is 2.83 bits per heavy atom. The van der Waals surface area contributed by atoms with Crippen LogP contribution >= 0.6 is 22.9 Å². The van der Waals surface area contributed by atoms with Gasteiger partial charge in [-0.05, 0) is 18.6 Å². The van der Waals surface area contributed by atoms with Crippen LogP contribution in [0.5, 0.6) is 0 Å². The Bertz CT molecular complexity index is 759. The van der Waals surface area contributed by atoms with Crippen molar-refractivity contribution in [2.75, 3.05) is 18.9 Å². The van der Waals surface area contributed by atoms with Crippen molar-refractivity contribution in [1.82, 2.24) is 5.32 Å². The van der Waals surface area contributed by atoms with Crippen LogP contribution < -0.4 is 10.6 Å². The Labute approximate surface area is 150 Å². The van der Waals surface area contributed by atoms with Crippen molar-refractivity contribution < 1.29 is 9.59 Å². The summed E-state index contributed by atoms with van der Waals surface area (Å²) in [5.74, 6) is -0.834. The van der Waals surface area contributed by atoms with E-state index in [1.165, 1.54) is 11.3 Å². The smallest absolute Gasteiger partial charge is 0.254 e. The molecule has 0 aliphatic heterocycles. The molecule has 0 fully saturated rings. The Morgan fingerprint density at radius 1 is 1.38 bits per heavy atom. The van der Waals surface area contributed by atoms with Crippen molar-refractivity contribution in [3.8, 4) is 0 Å². The minimum absolute atomic E-state index is 0.0719. The lowest BCUT2D eigenvalue weighted by Crippen LogP contribution is -2.29. The molecule has 0 aromatic carbocycles. The molecule has 0 bridgehead atoms. The summed E-state index contributed by atoms with van der Waals surface area (Å²) in [5, 5.41) is 5.52. The van der Waals surface area contributed by atoms with Gasteiger partial charge in [-0.1, -0.05) is 37.0 Å². The number of allylic oxidation sites excluding steroid dienone is 4. The number of anilines is 1. The van der Waals surface area contributed by atoms with Gasteiger partial charge in [0.15, 0.2) is 0 Å². The fourth-order valence-corrected chi connectivity index (χ4v) is 3.28. The van der Waals surface area contributed by atoms with Crippen molar-refractivity contribution in [2.45, 2.75) is 12.3 Å². The number of hydrogen-bond acceptors (Lipinski definition) is 4. The number of aryl methyl sites for hydroxylation is 1. The molecular weight excluding hydrogens is 344 g/mol. The second-order valence-electron chi connectivity index (χ2n) is 5.27. The highest BCUT2D eigenvalue weighted by atomic mass is 35.5. The van der Waals surface area contributed by atoms with Crippen LogP contribution in [0.15, 0.2) is 54.2 Å². The first-order valence-electron chi connectivity index (χ1n) is 7.42. The van der Waals surface area contributed by atoms with E-state index < -0.39 is 5.91 Å². The lowest BCUT2D eigenvalue weighted by atomic mass is 10.1. The number of thiophene rings is 1. The number of hydrogen-bond donors (Lipinski definition) is 2. The predicted octanol–water partition coefficient (Wildman–Crippen LogP) is 3.61. The average Bonchev–Trinajstić information content (AvgIpc) is 2.82. The first kappa shape index (κ1) is 18.2.